The first-order chi connectivity index (χ1) is 7.74. The van der Waals surface area contributed by atoms with Crippen LogP contribution in [0.15, 0.2) is 0 Å². The Morgan fingerprint density at radius 1 is 0.875 bits per heavy atom. The molecule has 0 heterocycles. The third-order valence-electron chi connectivity index (χ3n) is 1.35. The van der Waals surface area contributed by atoms with Crippen molar-refractivity contribution in [2.75, 3.05) is 13.2 Å². The van der Waals surface area contributed by atoms with E-state index < -0.39 is 0 Å². The Hall–Kier alpha value is 0.924. The molecule has 0 aliphatic heterocycles. The molecule has 2 N–H and O–H groups in total. The Balaban J connectivity index is -0.0000000752. The minimum absolute atomic E-state index is 0.250. The molecule has 0 rings (SSSR count). The zero-order valence-electron chi connectivity index (χ0n) is 11.1. The second-order valence-electron chi connectivity index (χ2n) is 2.90. The van der Waals surface area contributed by atoms with Crippen molar-refractivity contribution in [3.8, 4) is 0 Å². The van der Waals surface area contributed by atoms with Gasteiger partial charge in [-0.2, -0.15) is 6.42 Å². The van der Waals surface area contributed by atoms with E-state index in [0.29, 0.717) is 0 Å². The van der Waals surface area contributed by atoms with Gasteiger partial charge in [-0.1, -0.05) is 39.0 Å². The number of hydrogen-bond donors (Lipinski definition) is 2. The minimum atomic E-state index is 0.250. The van der Waals surface area contributed by atoms with Crippen molar-refractivity contribution in [2.24, 2.45) is 0 Å². The van der Waals surface area contributed by atoms with Crippen LogP contribution in [-0.2, 0) is 19.4 Å². The van der Waals surface area contributed by atoms with Crippen LogP contribution in [0.25, 0.3) is 0 Å². The van der Waals surface area contributed by atoms with E-state index in [1.807, 2.05) is 0 Å². The second kappa shape index (κ2) is 44.5. The Morgan fingerprint density at radius 2 is 1.19 bits per heavy atom. The van der Waals surface area contributed by atoms with E-state index in [0.717, 1.165) is 6.42 Å². The Labute approximate surface area is 118 Å². The summed E-state index contributed by atoms with van der Waals surface area (Å²) in [6.07, 6.45) is 7.98. The van der Waals surface area contributed by atoms with Crippen molar-refractivity contribution in [3.05, 3.63) is 6.92 Å². The van der Waals surface area contributed by atoms with Crippen LogP contribution in [0, 0.1) is 6.92 Å². The van der Waals surface area contributed by atoms with Crippen LogP contribution in [0.3, 0.4) is 0 Å². The molecule has 4 heteroatoms. The molecule has 0 aromatic heterocycles. The Bertz CT molecular complexity index is 59.0. The predicted molar refractivity (Wildman–Crippen MR) is 70.1 cm³/mol. The number of aliphatic hydroxyl groups excluding tert-OH is 2. The van der Waals surface area contributed by atoms with Gasteiger partial charge in [0.1, 0.15) is 0 Å². The summed E-state index contributed by atoms with van der Waals surface area (Å²) in [5.74, 6) is 0. The van der Waals surface area contributed by atoms with Crippen LogP contribution in [0.4, 0.5) is 0 Å². The zero-order chi connectivity index (χ0) is 13.7. The average molecular weight is 289 g/mol. The number of hydrogen-bond acceptors (Lipinski definition) is 2. The van der Waals surface area contributed by atoms with E-state index in [1.54, 1.807) is 13.8 Å². The van der Waals surface area contributed by atoms with Crippen LogP contribution in [0.5, 0.6) is 0 Å². The van der Waals surface area contributed by atoms with Gasteiger partial charge in [-0.3, -0.25) is 0 Å². The van der Waals surface area contributed by atoms with Gasteiger partial charge in [-0.15, -0.1) is 0 Å². The van der Waals surface area contributed by atoms with E-state index in [-0.39, 0.29) is 13.2 Å². The van der Waals surface area contributed by atoms with Gasteiger partial charge in [-0.05, 0) is 13.8 Å². The van der Waals surface area contributed by atoms with Crippen LogP contribution in [-0.4, -0.2) is 23.4 Å². The summed E-state index contributed by atoms with van der Waals surface area (Å²) in [5, 5.41) is 15.1. The number of halogens is 1. The number of rotatable bonds is 5. The quantitative estimate of drug-likeness (QED) is 0.458. The summed E-state index contributed by atoms with van der Waals surface area (Å²) < 4.78 is 0. The summed E-state index contributed by atoms with van der Waals surface area (Å²) in [5.41, 5.74) is 0. The summed E-state index contributed by atoms with van der Waals surface area (Å²) in [4.78, 5) is 0. The van der Waals surface area contributed by atoms with Crippen molar-refractivity contribution in [1.82, 2.24) is 0 Å². The van der Waals surface area contributed by atoms with E-state index in [2.05, 4.69) is 23.2 Å². The summed E-state index contributed by atoms with van der Waals surface area (Å²) in [6.45, 7) is 9.88. The molecule has 2 nitrogen and oxygen atoms in total. The topological polar surface area (TPSA) is 40.5 Å². The molecule has 0 aliphatic carbocycles. The summed E-state index contributed by atoms with van der Waals surface area (Å²) in [7, 11) is 4.64. The van der Waals surface area contributed by atoms with Crippen molar-refractivity contribution in [3.63, 3.8) is 0 Å². The first-order valence-electron chi connectivity index (χ1n) is 5.94. The maximum atomic E-state index is 7.57. The monoisotopic (exact) mass is 288 g/mol. The molecule has 0 aliphatic rings. The van der Waals surface area contributed by atoms with Crippen LogP contribution >= 0.6 is 9.30 Å². The molecule has 0 aromatic rings. The van der Waals surface area contributed by atoms with E-state index >= 15 is 0 Å². The van der Waals surface area contributed by atoms with E-state index in [1.165, 1.54) is 51.5 Å². The second-order valence-corrected chi connectivity index (χ2v) is 2.90. The molecule has 0 bridgehead atoms. The average Bonchev–Trinajstić information content (AvgIpc) is 2.30. The third kappa shape index (κ3) is 82.4. The van der Waals surface area contributed by atoms with E-state index in [9.17, 15) is 0 Å². The SMILES string of the molecule is CCO.CCO.[CH2-]CCCCCCC.[Cl][Ti+]. The summed E-state index contributed by atoms with van der Waals surface area (Å²) in [6, 6.07) is 0. The number of aliphatic hydroxyl groups is 2. The molecule has 0 aromatic carbocycles. The molecule has 16 heavy (non-hydrogen) atoms. The van der Waals surface area contributed by atoms with Crippen LogP contribution in [0.2, 0.25) is 0 Å². The normalized spacial score (nSPS) is 7.38. The zero-order valence-corrected chi connectivity index (χ0v) is 13.5. The standard InChI is InChI=1S/C8H17.2C2H6O.ClH.Ti/c1-3-5-7-8-6-4-2;2*1-2-3;;/h1,3-8H2,2H3;2*3H,2H2,1H3;1H;/q-1;;;;+2/p-1. The Morgan fingerprint density at radius 3 is 1.44 bits per heavy atom. The molecule has 0 radical (unpaired) electrons. The molecule has 0 amide bonds. The fraction of sp³-hybridized carbons (Fsp3) is 0.917. The van der Waals surface area contributed by atoms with Gasteiger partial charge >= 0.3 is 28.7 Å². The van der Waals surface area contributed by atoms with Gasteiger partial charge in [0, 0.05) is 13.2 Å². The van der Waals surface area contributed by atoms with Gasteiger partial charge in [0.05, 0.1) is 0 Å². The Kier molecular flexibility index (Phi) is 71.5. The summed E-state index contributed by atoms with van der Waals surface area (Å²) >= 11 is 1.47. The third-order valence-corrected chi connectivity index (χ3v) is 1.35. The molecule has 0 saturated carbocycles. The van der Waals surface area contributed by atoms with Crippen molar-refractivity contribution in [2.45, 2.75) is 59.3 Å². The number of unbranched alkanes of at least 4 members (excludes halogenated alkanes) is 5. The molecular formula is C12H29ClO2Ti. The maximum absolute atomic E-state index is 7.57. The van der Waals surface area contributed by atoms with Crippen molar-refractivity contribution >= 4 is 9.30 Å². The molecule has 0 fully saturated rings. The van der Waals surface area contributed by atoms with Gasteiger partial charge in [-0.25, -0.2) is 0 Å². The molecule has 0 atom stereocenters. The fourth-order valence-electron chi connectivity index (χ4n) is 0.780. The van der Waals surface area contributed by atoms with Crippen molar-refractivity contribution in [1.29, 1.82) is 0 Å². The first kappa shape index (κ1) is 25.7. The molecule has 0 spiro atoms. The molecular weight excluding hydrogens is 259 g/mol. The fourth-order valence-corrected chi connectivity index (χ4v) is 0.780. The van der Waals surface area contributed by atoms with E-state index in [4.69, 9.17) is 10.2 Å². The first-order valence-corrected chi connectivity index (χ1v) is 8.09. The molecule has 100 valence electrons. The van der Waals surface area contributed by atoms with Gasteiger partial charge < -0.3 is 17.1 Å². The molecule has 0 saturated heterocycles. The molecule has 0 unspecified atom stereocenters. The van der Waals surface area contributed by atoms with Gasteiger partial charge in [0.2, 0.25) is 0 Å². The predicted octanol–water partition coefficient (Wildman–Crippen LogP) is 3.87. The van der Waals surface area contributed by atoms with Gasteiger partial charge in [0.15, 0.2) is 0 Å². The van der Waals surface area contributed by atoms with Crippen LogP contribution in [0.1, 0.15) is 59.3 Å². The van der Waals surface area contributed by atoms with Crippen LogP contribution < -0.4 is 0 Å². The van der Waals surface area contributed by atoms with Gasteiger partial charge in [0.25, 0.3) is 0 Å². The van der Waals surface area contributed by atoms with Crippen molar-refractivity contribution < 1.29 is 29.6 Å².